The molecule has 106 valence electrons. The van der Waals surface area contributed by atoms with Crippen molar-refractivity contribution in [3.05, 3.63) is 45.6 Å². The number of hydrogen-bond acceptors (Lipinski definition) is 3. The van der Waals surface area contributed by atoms with Gasteiger partial charge in [-0.15, -0.1) is 0 Å². The number of allylic oxidation sites excluding steroid dienone is 2. The van der Waals surface area contributed by atoms with Gasteiger partial charge in [-0.1, -0.05) is 30.4 Å². The largest absolute Gasteiger partial charge is 0.272 e. The minimum Gasteiger partial charge on any atom is -0.272 e. The van der Waals surface area contributed by atoms with Gasteiger partial charge in [0.2, 0.25) is 0 Å². The smallest absolute Gasteiger partial charge is 0.254 e. The topological polar surface area (TPSA) is 49.7 Å². The Kier molecular flexibility index (Phi) is 2.99. The minimum atomic E-state index is -0.181. The number of amides is 2. The highest BCUT2D eigenvalue weighted by Crippen LogP contribution is 2.52. The fourth-order valence-electron chi connectivity index (χ4n) is 3.70. The molecule has 1 saturated heterocycles. The monoisotopic (exact) mass is 392 g/mol. The third-order valence-corrected chi connectivity index (χ3v) is 5.65. The fourth-order valence-corrected chi connectivity index (χ4v) is 4.23. The molecule has 4 nitrogen and oxygen atoms in total. The maximum absolute atomic E-state index is 12.4. The van der Waals surface area contributed by atoms with Crippen LogP contribution < -0.4 is 0 Å². The molecule has 2 bridgehead atoms. The van der Waals surface area contributed by atoms with Crippen LogP contribution in [0.1, 0.15) is 12.0 Å². The lowest BCUT2D eigenvalue weighted by molar-refractivity contribution is -0.140. The van der Waals surface area contributed by atoms with Crippen LogP contribution in [0.5, 0.6) is 0 Å². The van der Waals surface area contributed by atoms with Gasteiger partial charge in [-0.3, -0.25) is 9.59 Å². The maximum Gasteiger partial charge on any atom is 0.254 e. The summed E-state index contributed by atoms with van der Waals surface area (Å²) in [6.45, 7) is 0. The van der Waals surface area contributed by atoms with Gasteiger partial charge in [0.15, 0.2) is 0 Å². The first-order valence-electron chi connectivity index (χ1n) is 7.01. The van der Waals surface area contributed by atoms with E-state index in [1.165, 1.54) is 0 Å². The van der Waals surface area contributed by atoms with Crippen LogP contribution in [-0.4, -0.2) is 23.0 Å². The summed E-state index contributed by atoms with van der Waals surface area (Å²) in [5.74, 6) is -0.172. The number of rotatable bonds is 2. The van der Waals surface area contributed by atoms with Crippen LogP contribution >= 0.6 is 22.6 Å². The van der Waals surface area contributed by atoms with Gasteiger partial charge in [0.25, 0.3) is 11.8 Å². The second-order valence-electron chi connectivity index (χ2n) is 5.75. The zero-order valence-corrected chi connectivity index (χ0v) is 13.3. The fraction of sp³-hybridized carbons (Fsp3) is 0.312. The molecule has 1 aliphatic heterocycles. The van der Waals surface area contributed by atoms with E-state index in [2.05, 4.69) is 39.8 Å². The van der Waals surface area contributed by atoms with Crippen LogP contribution in [0, 0.1) is 27.2 Å². The van der Waals surface area contributed by atoms with Gasteiger partial charge in [-0.05, 0) is 46.9 Å². The van der Waals surface area contributed by atoms with Crippen molar-refractivity contribution in [2.24, 2.45) is 28.8 Å². The highest BCUT2D eigenvalue weighted by Gasteiger charge is 2.59. The number of carbonyl (C=O) groups excluding carboxylic acids is 2. The molecule has 4 atom stereocenters. The summed E-state index contributed by atoms with van der Waals surface area (Å²) < 4.78 is 1.04. The Morgan fingerprint density at radius 1 is 1.10 bits per heavy atom. The van der Waals surface area contributed by atoms with Crippen LogP contribution in [0.3, 0.4) is 0 Å². The highest BCUT2D eigenvalue weighted by atomic mass is 127. The van der Waals surface area contributed by atoms with Crippen molar-refractivity contribution < 1.29 is 9.59 Å². The van der Waals surface area contributed by atoms with E-state index in [-0.39, 0.29) is 35.5 Å². The van der Waals surface area contributed by atoms with E-state index in [9.17, 15) is 9.59 Å². The number of hydrazone groups is 1. The molecule has 1 heterocycles. The quantitative estimate of drug-likeness (QED) is 0.336. The Hall–Kier alpha value is -1.50. The lowest BCUT2D eigenvalue weighted by Gasteiger charge is -2.13. The molecule has 1 saturated carbocycles. The van der Waals surface area contributed by atoms with Crippen molar-refractivity contribution in [3.63, 3.8) is 0 Å². The van der Waals surface area contributed by atoms with Crippen molar-refractivity contribution in [3.8, 4) is 0 Å². The van der Waals surface area contributed by atoms with Crippen LogP contribution in [0.25, 0.3) is 0 Å². The van der Waals surface area contributed by atoms with Crippen LogP contribution in [0.4, 0.5) is 0 Å². The molecule has 21 heavy (non-hydrogen) atoms. The predicted molar refractivity (Wildman–Crippen MR) is 86.3 cm³/mol. The molecule has 5 heteroatoms. The molecule has 0 radical (unpaired) electrons. The first kappa shape index (κ1) is 13.2. The molecule has 3 aliphatic rings. The number of halogens is 1. The van der Waals surface area contributed by atoms with Gasteiger partial charge in [-0.25, -0.2) is 0 Å². The van der Waals surface area contributed by atoms with Crippen LogP contribution in [-0.2, 0) is 9.59 Å². The summed E-state index contributed by atoms with van der Waals surface area (Å²) in [6.07, 6.45) is 6.73. The predicted octanol–water partition coefficient (Wildman–Crippen LogP) is 2.43. The van der Waals surface area contributed by atoms with E-state index in [1.807, 2.05) is 24.3 Å². The van der Waals surface area contributed by atoms with Crippen molar-refractivity contribution in [1.29, 1.82) is 0 Å². The Bertz CT molecular complexity index is 667. The molecule has 4 rings (SSSR count). The number of fused-ring (bicyclic) bond motifs is 5. The summed E-state index contributed by atoms with van der Waals surface area (Å²) >= 11 is 2.21. The second kappa shape index (κ2) is 4.76. The maximum atomic E-state index is 12.4. The summed E-state index contributed by atoms with van der Waals surface area (Å²) in [5.41, 5.74) is 0.914. The second-order valence-corrected chi connectivity index (χ2v) is 6.92. The Morgan fingerprint density at radius 3 is 2.33 bits per heavy atom. The Morgan fingerprint density at radius 2 is 1.71 bits per heavy atom. The van der Waals surface area contributed by atoms with Gasteiger partial charge < -0.3 is 0 Å². The first-order valence-corrected chi connectivity index (χ1v) is 8.09. The Balaban J connectivity index is 1.62. The average molecular weight is 392 g/mol. The number of nitrogens with zero attached hydrogens (tertiary/aromatic N) is 2. The van der Waals surface area contributed by atoms with E-state index in [0.29, 0.717) is 0 Å². The molecular formula is C16H13IN2O2. The van der Waals surface area contributed by atoms with E-state index in [4.69, 9.17) is 0 Å². The molecule has 0 spiro atoms. The SMILES string of the molecule is O=C1C2C3C=CC(C3)C2C(=O)N1N=Cc1ccccc1I. The van der Waals surface area contributed by atoms with Gasteiger partial charge in [0.05, 0.1) is 18.1 Å². The number of carbonyl (C=O) groups is 2. The average Bonchev–Trinajstić information content (AvgIpc) is 3.14. The van der Waals surface area contributed by atoms with E-state index in [0.717, 1.165) is 20.6 Å². The van der Waals surface area contributed by atoms with Crippen molar-refractivity contribution in [1.82, 2.24) is 5.01 Å². The van der Waals surface area contributed by atoms with E-state index >= 15 is 0 Å². The molecule has 2 fully saturated rings. The molecule has 1 aromatic rings. The van der Waals surface area contributed by atoms with Gasteiger partial charge >= 0.3 is 0 Å². The van der Waals surface area contributed by atoms with Gasteiger partial charge in [-0.2, -0.15) is 10.1 Å². The van der Waals surface area contributed by atoms with Crippen molar-refractivity contribution >= 4 is 40.6 Å². The molecule has 0 N–H and O–H groups in total. The van der Waals surface area contributed by atoms with Crippen LogP contribution in [0.15, 0.2) is 41.5 Å². The van der Waals surface area contributed by atoms with Gasteiger partial charge in [0, 0.05) is 9.13 Å². The minimum absolute atomic E-state index is 0.135. The van der Waals surface area contributed by atoms with E-state index in [1.54, 1.807) is 6.21 Å². The third-order valence-electron chi connectivity index (χ3n) is 4.66. The van der Waals surface area contributed by atoms with E-state index < -0.39 is 0 Å². The zero-order chi connectivity index (χ0) is 14.6. The third kappa shape index (κ3) is 1.90. The summed E-state index contributed by atoms with van der Waals surface area (Å²) in [6, 6.07) is 7.74. The first-order chi connectivity index (χ1) is 10.2. The highest BCUT2D eigenvalue weighted by molar-refractivity contribution is 14.1. The normalized spacial score (nSPS) is 33.5. The number of hydrogen-bond donors (Lipinski definition) is 0. The van der Waals surface area contributed by atoms with Crippen molar-refractivity contribution in [2.75, 3.05) is 0 Å². The zero-order valence-electron chi connectivity index (χ0n) is 11.1. The summed E-state index contributed by atoms with van der Waals surface area (Å²) in [4.78, 5) is 24.9. The lowest BCUT2D eigenvalue weighted by Crippen LogP contribution is -2.28. The summed E-state index contributed by atoms with van der Waals surface area (Å²) in [7, 11) is 0. The van der Waals surface area contributed by atoms with Crippen molar-refractivity contribution in [2.45, 2.75) is 6.42 Å². The number of benzene rings is 1. The Labute approximate surface area is 136 Å². The molecule has 0 aromatic heterocycles. The summed E-state index contributed by atoms with van der Waals surface area (Å²) in [5, 5.41) is 5.26. The molecular weight excluding hydrogens is 379 g/mol. The van der Waals surface area contributed by atoms with Gasteiger partial charge in [0.1, 0.15) is 0 Å². The standard InChI is InChI=1S/C16H13IN2O2/c17-12-4-2-1-3-11(12)8-18-19-15(20)13-9-5-6-10(7-9)14(13)16(19)21/h1-6,8-10,13-14H,7H2. The molecule has 2 amide bonds. The van der Waals surface area contributed by atoms with Crippen LogP contribution in [0.2, 0.25) is 0 Å². The molecule has 1 aromatic carbocycles. The number of imide groups is 1. The lowest BCUT2D eigenvalue weighted by atomic mass is 9.85. The molecule has 2 aliphatic carbocycles. The molecule has 4 unspecified atom stereocenters.